The minimum atomic E-state index is 0. The monoisotopic (exact) mass is 818 g/mol. The summed E-state index contributed by atoms with van der Waals surface area (Å²) >= 11 is 0. The molecule has 0 saturated heterocycles. The van der Waals surface area contributed by atoms with Crippen molar-refractivity contribution in [3.63, 3.8) is 0 Å². The second-order valence-corrected chi connectivity index (χ2v) is 11.4. The number of rotatable bonds is 16. The van der Waals surface area contributed by atoms with E-state index in [1.807, 2.05) is 110 Å². The second kappa shape index (κ2) is 23.8. The van der Waals surface area contributed by atoms with Crippen LogP contribution < -0.4 is 24.8 Å². The van der Waals surface area contributed by atoms with Crippen molar-refractivity contribution in [2.24, 2.45) is 0 Å². The van der Waals surface area contributed by atoms with E-state index in [4.69, 9.17) is 14.7 Å². The molecule has 0 aliphatic heterocycles. The van der Waals surface area contributed by atoms with Crippen molar-refractivity contribution >= 4 is 0 Å². The van der Waals surface area contributed by atoms with Crippen LogP contribution in [0.2, 0.25) is 0 Å². The molecule has 6 heterocycles. The van der Waals surface area contributed by atoms with Crippen LogP contribution in [-0.2, 0) is 91.4 Å². The third-order valence-electron chi connectivity index (χ3n) is 7.53. The molecule has 0 unspecified atom stereocenters. The molecule has 6 rings (SSSR count). The maximum atomic E-state index is 6.03. The van der Waals surface area contributed by atoms with Gasteiger partial charge in [0, 0.05) is 76.4 Å². The summed E-state index contributed by atoms with van der Waals surface area (Å²) in [7, 11) is 0. The molecule has 0 saturated carbocycles. The van der Waals surface area contributed by atoms with Crippen molar-refractivity contribution in [3.8, 4) is 0 Å². The van der Waals surface area contributed by atoms with Crippen LogP contribution in [0.3, 0.4) is 0 Å². The molecule has 0 aromatic carbocycles. The molecule has 6 aromatic heterocycles. The van der Waals surface area contributed by atoms with Crippen molar-refractivity contribution in [2.75, 3.05) is 0 Å². The zero-order chi connectivity index (χ0) is 31.9. The second-order valence-electron chi connectivity index (χ2n) is 11.4. The van der Waals surface area contributed by atoms with Gasteiger partial charge in [0.1, 0.15) is 0 Å². The molecule has 13 heteroatoms. The van der Waals surface area contributed by atoms with E-state index in [9.17, 15) is 0 Å². The van der Waals surface area contributed by atoms with Gasteiger partial charge in [0.15, 0.2) is 0 Å². The summed E-state index contributed by atoms with van der Waals surface area (Å²) in [4.78, 5) is 32.1. The molecule has 0 bridgehead atoms. The Morgan fingerprint density at radius 3 is 0.902 bits per heavy atom. The van der Waals surface area contributed by atoms with E-state index in [-0.39, 0.29) is 59.0 Å². The fourth-order valence-electron chi connectivity index (χ4n) is 5.23. The molecule has 0 N–H and O–H groups in total. The van der Waals surface area contributed by atoms with E-state index in [0.29, 0.717) is 52.5 Å². The predicted octanol–water partition coefficient (Wildman–Crippen LogP) is 0.181. The summed E-state index contributed by atoms with van der Waals surface area (Å²) in [5.74, 6) is 0. The molecular formula is C38H38Cl2Cu2N8O+2. The third kappa shape index (κ3) is 14.9. The van der Waals surface area contributed by atoms with E-state index in [1.54, 1.807) is 0 Å². The Balaban J connectivity index is 0.00000225. The van der Waals surface area contributed by atoms with Crippen LogP contribution in [0.4, 0.5) is 0 Å². The van der Waals surface area contributed by atoms with Gasteiger partial charge in [0.2, 0.25) is 0 Å². The Hall–Kier alpha value is -3.60. The molecule has 0 aliphatic carbocycles. The van der Waals surface area contributed by atoms with E-state index in [2.05, 4.69) is 54.0 Å². The van der Waals surface area contributed by atoms with Crippen LogP contribution in [0, 0.1) is 0 Å². The SMILES string of the molecule is [Cl-].[Cl-].[Cu+2].[Cu+2].c1ccc(CN(Cc2ccccn2)Cc2ccc(COCc3ccc(CN(Cc4ccccn4)Cc4ccccn4)nc3)cn2)nc1. The normalized spacial score (nSPS) is 10.4. The van der Waals surface area contributed by atoms with Gasteiger partial charge in [-0.1, -0.05) is 36.4 Å². The number of pyridine rings is 6. The van der Waals surface area contributed by atoms with Gasteiger partial charge in [-0.3, -0.25) is 39.7 Å². The van der Waals surface area contributed by atoms with Crippen LogP contribution >= 0.6 is 0 Å². The zero-order valence-corrected chi connectivity index (χ0v) is 31.1. The van der Waals surface area contributed by atoms with Crippen LogP contribution in [-0.4, -0.2) is 39.7 Å². The number of aromatic nitrogens is 6. The van der Waals surface area contributed by atoms with Crippen molar-refractivity contribution in [1.82, 2.24) is 39.7 Å². The first kappa shape index (κ1) is 43.6. The van der Waals surface area contributed by atoms with E-state index < -0.39 is 0 Å². The van der Waals surface area contributed by atoms with Gasteiger partial charge in [0.05, 0.1) is 47.4 Å². The maximum absolute atomic E-state index is 6.03. The van der Waals surface area contributed by atoms with Gasteiger partial charge in [-0.15, -0.1) is 0 Å². The summed E-state index contributed by atoms with van der Waals surface area (Å²) in [6.07, 6.45) is 11.1. The van der Waals surface area contributed by atoms with Gasteiger partial charge in [0.25, 0.3) is 0 Å². The van der Waals surface area contributed by atoms with Crippen molar-refractivity contribution in [1.29, 1.82) is 0 Å². The Labute approximate surface area is 333 Å². The first-order valence-corrected chi connectivity index (χ1v) is 15.7. The van der Waals surface area contributed by atoms with E-state index >= 15 is 0 Å². The molecule has 9 nitrogen and oxygen atoms in total. The Bertz CT molecular complexity index is 1550. The van der Waals surface area contributed by atoms with Crippen molar-refractivity contribution in [2.45, 2.75) is 52.5 Å². The number of hydrogen-bond acceptors (Lipinski definition) is 9. The summed E-state index contributed by atoms with van der Waals surface area (Å²) in [6, 6.07) is 32.3. The molecule has 6 aromatic rings. The van der Waals surface area contributed by atoms with Crippen LogP contribution in [0.25, 0.3) is 0 Å². The molecule has 0 amide bonds. The Kier molecular flexibility index (Phi) is 20.3. The third-order valence-corrected chi connectivity index (χ3v) is 7.53. The maximum Gasteiger partial charge on any atom is 2.00 e. The smallest absolute Gasteiger partial charge is 1.00 e. The fraction of sp³-hybridized carbons (Fsp3) is 0.211. The number of nitrogens with zero attached hydrogens (tertiary/aromatic N) is 8. The molecule has 0 atom stereocenters. The van der Waals surface area contributed by atoms with Crippen LogP contribution in [0.1, 0.15) is 45.3 Å². The van der Waals surface area contributed by atoms with Gasteiger partial charge >= 0.3 is 34.1 Å². The summed E-state index contributed by atoms with van der Waals surface area (Å²) in [5.41, 5.74) is 8.09. The molecular weight excluding hydrogens is 782 g/mol. The fourth-order valence-corrected chi connectivity index (χ4v) is 5.23. The van der Waals surface area contributed by atoms with Crippen molar-refractivity contribution < 1.29 is 63.7 Å². The first-order chi connectivity index (χ1) is 23.2. The average Bonchev–Trinajstić information content (AvgIpc) is 3.11. The topological polar surface area (TPSA) is 93.1 Å². The summed E-state index contributed by atoms with van der Waals surface area (Å²) in [6.45, 7) is 5.17. The molecule has 0 spiro atoms. The summed E-state index contributed by atoms with van der Waals surface area (Å²) in [5, 5.41) is 0. The zero-order valence-electron chi connectivity index (χ0n) is 27.7. The van der Waals surface area contributed by atoms with Crippen LogP contribution in [0.15, 0.2) is 134 Å². The van der Waals surface area contributed by atoms with Gasteiger partial charge in [-0.05, 0) is 71.8 Å². The number of hydrogen-bond donors (Lipinski definition) is 0. The van der Waals surface area contributed by atoms with E-state index in [1.165, 1.54) is 0 Å². The van der Waals surface area contributed by atoms with Crippen molar-refractivity contribution in [3.05, 3.63) is 180 Å². The predicted molar refractivity (Wildman–Crippen MR) is 180 cm³/mol. The summed E-state index contributed by atoms with van der Waals surface area (Å²) < 4.78 is 6.03. The minimum absolute atomic E-state index is 0. The van der Waals surface area contributed by atoms with E-state index in [0.717, 1.165) is 45.3 Å². The van der Waals surface area contributed by atoms with Gasteiger partial charge in [-0.2, -0.15) is 0 Å². The average molecular weight is 821 g/mol. The molecule has 2 radical (unpaired) electrons. The number of ether oxygens (including phenoxy) is 1. The molecule has 51 heavy (non-hydrogen) atoms. The minimum Gasteiger partial charge on any atom is -1.00 e. The molecule has 0 aliphatic rings. The quantitative estimate of drug-likeness (QED) is 0.127. The molecule has 0 fully saturated rings. The Morgan fingerprint density at radius 1 is 0.373 bits per heavy atom. The molecule has 270 valence electrons. The first-order valence-electron chi connectivity index (χ1n) is 15.7. The Morgan fingerprint density at radius 2 is 0.667 bits per heavy atom. The standard InChI is InChI=1S/C38H38N8O.2ClH.2Cu/c1-5-17-39-33(9-1)23-45(24-34-10-2-6-18-40-34)27-37-15-13-31(21-43-37)29-47-30-32-14-16-38(44-22-32)28-46(25-35-11-3-7-19-41-35)26-36-12-4-8-20-42-36;;;;/h1-22H,23-30H2;2*1H;;/q;;;2*+2/p-2. The number of halogens is 2. The van der Waals surface area contributed by atoms with Crippen LogP contribution in [0.5, 0.6) is 0 Å². The van der Waals surface area contributed by atoms with Gasteiger partial charge in [-0.25, -0.2) is 0 Å². The largest absolute Gasteiger partial charge is 2.00 e. The van der Waals surface area contributed by atoms with Gasteiger partial charge < -0.3 is 29.6 Å².